The lowest BCUT2D eigenvalue weighted by atomic mass is 9.94. The van der Waals surface area contributed by atoms with Crippen molar-refractivity contribution in [1.82, 2.24) is 58.5 Å². The highest BCUT2D eigenvalue weighted by Gasteiger charge is 2.55. The summed E-state index contributed by atoms with van der Waals surface area (Å²) in [6.07, 6.45) is -13.1. The van der Waals surface area contributed by atoms with Crippen LogP contribution in [0, 0.1) is 5.92 Å². The van der Waals surface area contributed by atoms with Gasteiger partial charge in [-0.1, -0.05) is 4.98 Å². The van der Waals surface area contributed by atoms with Crippen molar-refractivity contribution in [2.24, 2.45) is 13.0 Å². The number of aromatic nitrogens is 12. The van der Waals surface area contributed by atoms with Gasteiger partial charge in [0.1, 0.15) is 49.4 Å². The van der Waals surface area contributed by atoms with E-state index in [0.717, 1.165) is 28.1 Å². The molecule has 4 saturated heterocycles. The normalized spacial score (nSPS) is 30.7. The van der Waals surface area contributed by atoms with Gasteiger partial charge < -0.3 is 85.9 Å². The number of imidazole rings is 3. The summed E-state index contributed by atoms with van der Waals surface area (Å²) >= 11 is 0. The monoisotopic (exact) mass is 1210 g/mol. The molecule has 10 heterocycles. The van der Waals surface area contributed by atoms with Gasteiger partial charge in [-0.2, -0.15) is 18.6 Å². The van der Waals surface area contributed by atoms with Crippen LogP contribution in [0.1, 0.15) is 25.1 Å². The molecule has 0 bridgehead atoms. The number of H-pyrrole nitrogens is 1. The molecule has 6 aromatic rings. The maximum atomic E-state index is 16.8. The number of nitrogens with two attached hydrogens (primary N) is 4. The lowest BCUT2D eigenvalue weighted by molar-refractivity contribution is -0.745. The van der Waals surface area contributed by atoms with Gasteiger partial charge in [0.15, 0.2) is 47.9 Å². The van der Waals surface area contributed by atoms with Gasteiger partial charge in [-0.05, 0) is 13.0 Å². The quantitative estimate of drug-likeness (QED) is 0.0259. The van der Waals surface area contributed by atoms with Crippen LogP contribution in [0.3, 0.4) is 0 Å². The SMILES string of the molecule is Cn1c[n+]([C@@H]2O[C@H](COP(=O)(O)OP(=O)(O)OP(=O)(O)OC[C@H]3O[C@@H](n4cnc5c(N)ncnc54)[C@H](F)[C@@H]3P(=O)([O-])OC[C@H]3O[C@@H](n4cnc5c(N)nc(N)nc54)[C@H](O)[C@@H]3O)[C@@H](CCN3CCOCC3)[C@H]2O)c2nc(N)[nH]c(=O)c21. The van der Waals surface area contributed by atoms with Crippen LogP contribution in [0.4, 0.5) is 27.9 Å². The lowest BCUT2D eigenvalue weighted by Gasteiger charge is -2.34. The van der Waals surface area contributed by atoms with Gasteiger partial charge >= 0.3 is 29.1 Å². The molecule has 16 atom stereocenters. The Morgan fingerprint density at radius 2 is 1.40 bits per heavy atom. The van der Waals surface area contributed by atoms with Crippen LogP contribution in [-0.4, -0.2) is 190 Å². The van der Waals surface area contributed by atoms with Crippen LogP contribution in [0.5, 0.6) is 0 Å². The number of nitrogens with one attached hydrogen (secondary N) is 1. The molecule has 4 aliphatic heterocycles. The third-order valence-corrected chi connectivity index (χ3v) is 19.6. The van der Waals surface area contributed by atoms with Crippen LogP contribution in [0.2, 0.25) is 0 Å². The zero-order valence-corrected chi connectivity index (χ0v) is 44.8. The summed E-state index contributed by atoms with van der Waals surface area (Å²) in [5.74, 6) is -1.75. The number of ether oxygens (including phenoxy) is 4. The summed E-state index contributed by atoms with van der Waals surface area (Å²) < 4.78 is 122. The predicted octanol–water partition coefficient (Wildman–Crippen LogP) is -3.68. The molecule has 80 heavy (non-hydrogen) atoms. The fourth-order valence-corrected chi connectivity index (χ4v) is 14.9. The minimum atomic E-state index is -6.25. The summed E-state index contributed by atoms with van der Waals surface area (Å²) in [5.41, 5.74) is 19.9. The van der Waals surface area contributed by atoms with Gasteiger partial charge in [0, 0.05) is 19.0 Å². The first-order valence-corrected chi connectivity index (χ1v) is 29.9. The zero-order valence-electron chi connectivity index (χ0n) is 41.3. The molecule has 38 nitrogen and oxygen atoms in total. The molecule has 0 aromatic carbocycles. The first-order chi connectivity index (χ1) is 37.7. The maximum absolute atomic E-state index is 16.8. The number of alkyl halides is 1. The van der Waals surface area contributed by atoms with Crippen LogP contribution < -0.4 is 38.0 Å². The summed E-state index contributed by atoms with van der Waals surface area (Å²) in [5, 5.41) is 33.6. The van der Waals surface area contributed by atoms with E-state index >= 15 is 4.39 Å². The van der Waals surface area contributed by atoms with Crippen molar-refractivity contribution in [3.05, 3.63) is 35.7 Å². The minimum Gasteiger partial charge on any atom is -0.778 e. The van der Waals surface area contributed by atoms with Gasteiger partial charge in [-0.3, -0.25) is 37.4 Å². The molecule has 438 valence electrons. The average Bonchev–Trinajstić information content (AvgIpc) is 4.36. The van der Waals surface area contributed by atoms with E-state index in [9.17, 15) is 57.9 Å². The van der Waals surface area contributed by atoms with Crippen molar-refractivity contribution in [2.75, 3.05) is 75.6 Å². The number of nitrogen functional groups attached to an aromatic ring is 4. The molecule has 15 N–H and O–H groups in total. The van der Waals surface area contributed by atoms with Crippen LogP contribution in [0.15, 0.2) is 30.1 Å². The fourth-order valence-electron chi connectivity index (χ4n) is 9.81. The van der Waals surface area contributed by atoms with Gasteiger partial charge in [-0.15, -0.1) is 0 Å². The van der Waals surface area contributed by atoms with E-state index in [-0.39, 0.29) is 63.4 Å². The Kier molecular flexibility index (Phi) is 16.1. The van der Waals surface area contributed by atoms with Crippen LogP contribution in [-0.2, 0) is 66.4 Å². The number of morpholine rings is 1. The highest BCUT2D eigenvalue weighted by atomic mass is 31.3. The first kappa shape index (κ1) is 58.0. The fraction of sp³-hybridized carbons (Fsp3) is 0.595. The van der Waals surface area contributed by atoms with Gasteiger partial charge in [0.25, 0.3) is 11.5 Å². The van der Waals surface area contributed by atoms with E-state index in [2.05, 4.69) is 48.5 Å². The number of aliphatic hydroxyl groups excluding tert-OH is 3. The van der Waals surface area contributed by atoms with Crippen molar-refractivity contribution in [2.45, 2.75) is 73.6 Å². The third-order valence-electron chi connectivity index (χ3n) is 13.5. The second-order valence-electron chi connectivity index (χ2n) is 18.6. The number of phosphoric ester groups is 2. The number of hydrogen-bond acceptors (Lipinski definition) is 30. The van der Waals surface area contributed by atoms with E-state index in [1.807, 2.05) is 4.90 Å². The average molecular weight is 1210 g/mol. The molecule has 0 amide bonds. The Hall–Kier alpha value is -5.18. The Balaban J connectivity index is 0.819. The van der Waals surface area contributed by atoms with Crippen molar-refractivity contribution >= 4 is 88.1 Å². The summed E-state index contributed by atoms with van der Waals surface area (Å²) in [4.78, 5) is 91.0. The highest BCUT2D eigenvalue weighted by Crippen LogP contribution is 2.68. The second kappa shape index (κ2) is 22.2. The molecule has 4 aliphatic rings. The number of anilines is 4. The van der Waals surface area contributed by atoms with E-state index in [1.165, 1.54) is 22.5 Å². The van der Waals surface area contributed by atoms with Gasteiger partial charge in [-0.25, -0.2) is 42.6 Å². The Labute approximate surface area is 446 Å². The van der Waals surface area contributed by atoms with Crippen molar-refractivity contribution in [1.29, 1.82) is 0 Å². The molecular weight excluding hydrogens is 1160 g/mol. The Morgan fingerprint density at radius 1 is 0.775 bits per heavy atom. The summed E-state index contributed by atoms with van der Waals surface area (Å²) in [7, 11) is -22.4. The Morgan fingerprint density at radius 3 is 2.09 bits per heavy atom. The van der Waals surface area contributed by atoms with Gasteiger partial charge in [0.05, 0.1) is 70.6 Å². The molecule has 43 heteroatoms. The van der Waals surface area contributed by atoms with Crippen LogP contribution in [0.25, 0.3) is 33.5 Å². The standard InChI is InChI=1S/C37H52FN17O21P4/c1-51-14-55(31-22(51)32(59)50-37(42)49-31)34-23(56)15(2-3-52-4-6-68-7-5-52)16(72-34)8-70-78(62,63)75-80(66,67)76-79(64,65)71-10-18-26(19(38)33(74-18)53-12-45-20-27(39)43-11-44-29(20)53)77(60,61)69-9-17-24(57)25(58)35(73-17)54-13-46-21-28(40)47-36(41)48-30(21)54/h11-19,23-26,33-35,56-58H,2-10H2,1H3,(H12-,39,40,41,42,43,44,47,48,49,50,59,60,61,62,63,64,65,66,67)/t15-,16-,17-,18-,19-,23-,24-,25-,26-,33-,34-,35-/m1/s1. The molecule has 0 saturated carbocycles. The van der Waals surface area contributed by atoms with E-state index in [4.69, 9.17) is 55.5 Å². The molecule has 0 spiro atoms. The molecule has 10 rings (SSSR count). The number of aryl methyl sites for hydroxylation is 1. The lowest BCUT2D eigenvalue weighted by Crippen LogP contribution is -2.45. The number of rotatable bonds is 20. The minimum absolute atomic E-state index is 0.000881. The molecular formula is C37H52FN17O21P4. The topological polar surface area (TPSA) is 545 Å². The molecule has 6 aromatic heterocycles. The van der Waals surface area contributed by atoms with Crippen molar-refractivity contribution in [3.63, 3.8) is 0 Å². The van der Waals surface area contributed by atoms with Gasteiger partial charge in [0.2, 0.25) is 17.7 Å². The van der Waals surface area contributed by atoms with E-state index < -0.39 is 129 Å². The molecule has 4 fully saturated rings. The summed E-state index contributed by atoms with van der Waals surface area (Å²) in [6, 6.07) is 0. The smallest absolute Gasteiger partial charge is 0.490 e. The largest absolute Gasteiger partial charge is 0.778 e. The second-order valence-corrected chi connectivity index (χ2v) is 25.2. The maximum Gasteiger partial charge on any atom is 0.490 e. The van der Waals surface area contributed by atoms with Crippen molar-refractivity contribution < 1.29 is 103 Å². The number of hydrogen-bond donors (Lipinski definition) is 11. The Bertz CT molecular complexity index is 3560. The predicted molar refractivity (Wildman–Crippen MR) is 261 cm³/mol. The third kappa shape index (κ3) is 11.6. The number of phosphoric acid groups is 3. The number of nitrogens with zero attached hydrogens (tertiary/aromatic N) is 12. The van der Waals surface area contributed by atoms with Crippen LogP contribution >= 0.6 is 31.1 Å². The number of aliphatic hydroxyl groups is 3. The first-order valence-electron chi connectivity index (χ1n) is 23.8. The van der Waals surface area contributed by atoms with E-state index in [0.29, 0.717) is 32.8 Å². The number of halogens is 1. The molecule has 4 unspecified atom stereocenters. The molecule has 0 aliphatic carbocycles. The van der Waals surface area contributed by atoms with E-state index in [1.54, 1.807) is 0 Å². The summed E-state index contributed by atoms with van der Waals surface area (Å²) in [6.45, 7) is -1.19. The number of aromatic amines is 1. The zero-order chi connectivity index (χ0) is 57.4. The number of fused-ring (bicyclic) bond motifs is 3. The van der Waals surface area contributed by atoms with Crippen molar-refractivity contribution in [3.8, 4) is 0 Å². The molecule has 0 radical (unpaired) electrons. The highest BCUT2D eigenvalue weighted by molar-refractivity contribution is 7.66.